The first-order chi connectivity index (χ1) is 7.54. The second-order valence-corrected chi connectivity index (χ2v) is 4.36. The second kappa shape index (κ2) is 6.18. The van der Waals surface area contributed by atoms with Crippen LogP contribution in [0.4, 0.5) is 10.5 Å². The summed E-state index contributed by atoms with van der Waals surface area (Å²) >= 11 is 17.1. The molecule has 88 valence electrons. The zero-order chi connectivity index (χ0) is 12.1. The molecule has 1 rings (SSSR count). The van der Waals surface area contributed by atoms with Crippen LogP contribution in [0.2, 0.25) is 10.0 Å². The molecule has 0 atom stereocenters. The summed E-state index contributed by atoms with van der Waals surface area (Å²) in [6, 6.07) is 4.66. The van der Waals surface area contributed by atoms with Crippen LogP contribution in [0.15, 0.2) is 18.2 Å². The molecule has 0 saturated heterocycles. The summed E-state index contributed by atoms with van der Waals surface area (Å²) in [4.78, 5) is 13.1. The third kappa shape index (κ3) is 3.74. The summed E-state index contributed by atoms with van der Waals surface area (Å²) in [6.07, 6.45) is 0. The van der Waals surface area contributed by atoms with Gasteiger partial charge in [-0.2, -0.15) is 0 Å². The van der Waals surface area contributed by atoms with Gasteiger partial charge in [0.2, 0.25) is 0 Å². The van der Waals surface area contributed by atoms with Gasteiger partial charge in [-0.05, 0) is 18.2 Å². The monoisotopic (exact) mass is 280 g/mol. The van der Waals surface area contributed by atoms with Crippen molar-refractivity contribution in [3.05, 3.63) is 28.2 Å². The number of hydrogen-bond acceptors (Lipinski definition) is 1. The molecule has 1 N–H and O–H groups in total. The topological polar surface area (TPSA) is 32.3 Å². The van der Waals surface area contributed by atoms with E-state index >= 15 is 0 Å². The molecule has 2 amide bonds. The number of rotatable bonds is 3. The Morgan fingerprint density at radius 3 is 2.62 bits per heavy atom. The van der Waals surface area contributed by atoms with E-state index in [4.69, 9.17) is 34.8 Å². The zero-order valence-corrected chi connectivity index (χ0v) is 10.9. The van der Waals surface area contributed by atoms with Crippen molar-refractivity contribution in [2.45, 2.75) is 0 Å². The normalized spacial score (nSPS) is 10.0. The Morgan fingerprint density at radius 1 is 1.38 bits per heavy atom. The smallest absolute Gasteiger partial charge is 0.321 e. The molecule has 0 aliphatic carbocycles. The number of amides is 2. The van der Waals surface area contributed by atoms with E-state index in [1.54, 1.807) is 25.2 Å². The van der Waals surface area contributed by atoms with E-state index in [1.165, 1.54) is 4.90 Å². The Labute approximate surface area is 109 Å². The van der Waals surface area contributed by atoms with E-state index in [0.29, 0.717) is 28.2 Å². The SMILES string of the molecule is CN(CCCl)C(=O)Nc1ccc(Cl)c(Cl)c1. The van der Waals surface area contributed by atoms with Crippen LogP contribution in [-0.2, 0) is 0 Å². The average Bonchev–Trinajstić information content (AvgIpc) is 2.24. The second-order valence-electron chi connectivity index (χ2n) is 3.17. The van der Waals surface area contributed by atoms with Gasteiger partial charge in [0, 0.05) is 25.2 Å². The molecule has 1 aromatic rings. The lowest BCUT2D eigenvalue weighted by atomic mass is 10.3. The van der Waals surface area contributed by atoms with Crippen molar-refractivity contribution in [2.75, 3.05) is 24.8 Å². The number of carbonyl (C=O) groups is 1. The fourth-order valence-corrected chi connectivity index (χ4v) is 1.57. The molecule has 16 heavy (non-hydrogen) atoms. The van der Waals surface area contributed by atoms with Crippen LogP contribution >= 0.6 is 34.8 Å². The number of alkyl halides is 1. The van der Waals surface area contributed by atoms with Gasteiger partial charge in [-0.1, -0.05) is 23.2 Å². The number of benzene rings is 1. The van der Waals surface area contributed by atoms with Gasteiger partial charge in [0.25, 0.3) is 0 Å². The van der Waals surface area contributed by atoms with Gasteiger partial charge in [-0.25, -0.2) is 4.79 Å². The first kappa shape index (κ1) is 13.4. The molecule has 0 radical (unpaired) electrons. The maximum atomic E-state index is 11.6. The van der Waals surface area contributed by atoms with Gasteiger partial charge in [0.05, 0.1) is 10.0 Å². The molecule has 0 bridgehead atoms. The molecular weight excluding hydrogens is 270 g/mol. The maximum absolute atomic E-state index is 11.6. The fraction of sp³-hybridized carbons (Fsp3) is 0.300. The lowest BCUT2D eigenvalue weighted by Crippen LogP contribution is -2.32. The largest absolute Gasteiger partial charge is 0.326 e. The molecule has 0 aliphatic heterocycles. The Bertz CT molecular complexity index is 384. The highest BCUT2D eigenvalue weighted by atomic mass is 35.5. The van der Waals surface area contributed by atoms with E-state index in [2.05, 4.69) is 5.32 Å². The molecule has 0 aromatic heterocycles. The predicted octanol–water partition coefficient (Wildman–Crippen LogP) is 3.70. The van der Waals surface area contributed by atoms with Crippen molar-refractivity contribution in [3.63, 3.8) is 0 Å². The fourth-order valence-electron chi connectivity index (χ4n) is 1.02. The third-order valence-corrected chi connectivity index (χ3v) is 2.85. The molecular formula is C10H11Cl3N2O. The van der Waals surface area contributed by atoms with E-state index in [9.17, 15) is 4.79 Å². The van der Waals surface area contributed by atoms with Crippen molar-refractivity contribution >= 4 is 46.5 Å². The Hall–Kier alpha value is -0.640. The number of nitrogens with zero attached hydrogens (tertiary/aromatic N) is 1. The first-order valence-electron chi connectivity index (χ1n) is 4.57. The Kier molecular flexibility index (Phi) is 5.19. The zero-order valence-electron chi connectivity index (χ0n) is 8.64. The molecule has 3 nitrogen and oxygen atoms in total. The summed E-state index contributed by atoms with van der Waals surface area (Å²) in [5.41, 5.74) is 0.598. The molecule has 0 saturated carbocycles. The van der Waals surface area contributed by atoms with E-state index in [0.717, 1.165) is 0 Å². The van der Waals surface area contributed by atoms with Crippen LogP contribution in [-0.4, -0.2) is 30.4 Å². The standard InChI is InChI=1S/C10H11Cl3N2O/c1-15(5-4-11)10(16)14-7-2-3-8(12)9(13)6-7/h2-3,6H,4-5H2,1H3,(H,14,16). The van der Waals surface area contributed by atoms with Crippen LogP contribution < -0.4 is 5.32 Å². The molecule has 6 heteroatoms. The highest BCUT2D eigenvalue weighted by Crippen LogP contribution is 2.25. The minimum absolute atomic E-state index is 0.237. The van der Waals surface area contributed by atoms with Gasteiger partial charge in [-0.3, -0.25) is 0 Å². The predicted molar refractivity (Wildman–Crippen MR) is 68.8 cm³/mol. The van der Waals surface area contributed by atoms with Crippen LogP contribution in [0.3, 0.4) is 0 Å². The molecule has 0 aliphatic rings. The Morgan fingerprint density at radius 2 is 2.06 bits per heavy atom. The maximum Gasteiger partial charge on any atom is 0.321 e. The van der Waals surface area contributed by atoms with Crippen molar-refractivity contribution in [3.8, 4) is 0 Å². The summed E-state index contributed by atoms with van der Waals surface area (Å²) in [7, 11) is 1.66. The number of urea groups is 1. The van der Waals surface area contributed by atoms with Crippen molar-refractivity contribution in [1.82, 2.24) is 4.90 Å². The van der Waals surface area contributed by atoms with Crippen molar-refractivity contribution < 1.29 is 4.79 Å². The number of hydrogen-bond donors (Lipinski definition) is 1. The number of halogens is 3. The minimum Gasteiger partial charge on any atom is -0.326 e. The number of nitrogens with one attached hydrogen (secondary N) is 1. The van der Waals surface area contributed by atoms with Gasteiger partial charge in [-0.15, -0.1) is 11.6 Å². The highest BCUT2D eigenvalue weighted by molar-refractivity contribution is 6.42. The third-order valence-electron chi connectivity index (χ3n) is 1.94. The van der Waals surface area contributed by atoms with Crippen molar-refractivity contribution in [1.29, 1.82) is 0 Å². The molecule has 0 spiro atoms. The van der Waals surface area contributed by atoms with Gasteiger partial charge < -0.3 is 10.2 Å². The summed E-state index contributed by atoms with van der Waals surface area (Å²) in [6.45, 7) is 0.481. The lowest BCUT2D eigenvalue weighted by molar-refractivity contribution is 0.225. The van der Waals surface area contributed by atoms with Gasteiger partial charge in [0.15, 0.2) is 0 Å². The molecule has 0 unspecified atom stereocenters. The first-order valence-corrected chi connectivity index (χ1v) is 5.86. The van der Waals surface area contributed by atoms with Crippen LogP contribution in [0.1, 0.15) is 0 Å². The van der Waals surface area contributed by atoms with Gasteiger partial charge in [0.1, 0.15) is 0 Å². The quantitative estimate of drug-likeness (QED) is 0.842. The summed E-state index contributed by atoms with van der Waals surface area (Å²) in [5.74, 6) is 0.394. The van der Waals surface area contributed by atoms with Crippen LogP contribution in [0.25, 0.3) is 0 Å². The van der Waals surface area contributed by atoms with E-state index < -0.39 is 0 Å². The average molecular weight is 282 g/mol. The Balaban J connectivity index is 2.66. The van der Waals surface area contributed by atoms with Crippen LogP contribution in [0.5, 0.6) is 0 Å². The molecule has 1 aromatic carbocycles. The van der Waals surface area contributed by atoms with Crippen LogP contribution in [0, 0.1) is 0 Å². The molecule has 0 heterocycles. The summed E-state index contributed by atoms with van der Waals surface area (Å²) < 4.78 is 0. The van der Waals surface area contributed by atoms with E-state index in [1.807, 2.05) is 0 Å². The molecule has 0 fully saturated rings. The number of carbonyl (C=O) groups excluding carboxylic acids is 1. The lowest BCUT2D eigenvalue weighted by Gasteiger charge is -2.16. The minimum atomic E-state index is -0.237. The van der Waals surface area contributed by atoms with Crippen molar-refractivity contribution in [2.24, 2.45) is 0 Å². The number of anilines is 1. The van der Waals surface area contributed by atoms with E-state index in [-0.39, 0.29) is 6.03 Å². The highest BCUT2D eigenvalue weighted by Gasteiger charge is 2.08. The summed E-state index contributed by atoms with van der Waals surface area (Å²) in [5, 5.41) is 3.53. The van der Waals surface area contributed by atoms with Gasteiger partial charge >= 0.3 is 6.03 Å².